The number of rotatable bonds is 8. The Morgan fingerprint density at radius 1 is 1.13 bits per heavy atom. The van der Waals surface area contributed by atoms with Gasteiger partial charge in [-0.05, 0) is 59.5 Å². The summed E-state index contributed by atoms with van der Waals surface area (Å²) in [6.07, 6.45) is -0.544. The first-order valence-electron chi connectivity index (χ1n) is 12.7. The van der Waals surface area contributed by atoms with Gasteiger partial charge in [-0.3, -0.25) is 0 Å². The van der Waals surface area contributed by atoms with Gasteiger partial charge in [0, 0.05) is 30.5 Å². The monoisotopic (exact) mass is 656 g/mol. The third kappa shape index (κ3) is 5.81. The Morgan fingerprint density at radius 3 is 2.53 bits per heavy atom. The summed E-state index contributed by atoms with van der Waals surface area (Å²) in [5.74, 6) is 0.0551. The number of halogens is 5. The van der Waals surface area contributed by atoms with Crippen LogP contribution in [0, 0.1) is 9.49 Å². The summed E-state index contributed by atoms with van der Waals surface area (Å²) in [6, 6.07) is 10.8. The first kappa shape index (κ1) is 28.7. The zero-order chi connectivity index (χ0) is 27.6. The summed E-state index contributed by atoms with van der Waals surface area (Å²) in [4.78, 5) is 18.3. The Hall–Kier alpha value is -2.33. The van der Waals surface area contributed by atoms with Crippen LogP contribution in [0.4, 0.5) is 18.0 Å². The zero-order valence-electron chi connectivity index (χ0n) is 21.5. The van der Waals surface area contributed by atoms with Crippen LogP contribution in [0.15, 0.2) is 42.5 Å². The van der Waals surface area contributed by atoms with E-state index in [2.05, 4.69) is 29.5 Å². The molecule has 0 N–H and O–H groups in total. The molecular formula is C29H29ClF3IN2O2. The number of aromatic nitrogens is 2. The Kier molecular flexibility index (Phi) is 8.92. The SMILES string of the molecule is CCCCCCc1nc2c(c(-c3ccccc3Cl)c1I)c1ccc(C(F)(F)F)cc1n2C(=O)OCC(C)C. The molecule has 4 aromatic rings. The molecule has 2 aromatic heterocycles. The molecule has 0 aliphatic rings. The summed E-state index contributed by atoms with van der Waals surface area (Å²) in [6.45, 7) is 6.06. The number of hydrogen-bond acceptors (Lipinski definition) is 3. The van der Waals surface area contributed by atoms with E-state index >= 15 is 0 Å². The Balaban J connectivity index is 2.09. The first-order chi connectivity index (χ1) is 18.0. The van der Waals surface area contributed by atoms with Crippen LogP contribution in [0.3, 0.4) is 0 Å². The quantitative estimate of drug-likeness (QED) is 0.140. The van der Waals surface area contributed by atoms with Gasteiger partial charge in [-0.25, -0.2) is 14.3 Å². The summed E-state index contributed by atoms with van der Waals surface area (Å²) < 4.78 is 48.8. The summed E-state index contributed by atoms with van der Waals surface area (Å²) >= 11 is 8.90. The molecule has 9 heteroatoms. The van der Waals surface area contributed by atoms with Crippen molar-refractivity contribution in [1.29, 1.82) is 0 Å². The minimum atomic E-state index is -4.57. The van der Waals surface area contributed by atoms with Crippen LogP contribution in [-0.4, -0.2) is 22.3 Å². The number of unbranched alkanes of at least 4 members (excludes halogenated alkanes) is 3. The highest BCUT2D eigenvalue weighted by Gasteiger charge is 2.33. The maximum absolute atomic E-state index is 13.7. The lowest BCUT2D eigenvalue weighted by Crippen LogP contribution is -2.17. The lowest BCUT2D eigenvalue weighted by Gasteiger charge is -2.14. The molecule has 0 saturated carbocycles. The second-order valence-corrected chi connectivity index (χ2v) is 11.3. The van der Waals surface area contributed by atoms with Gasteiger partial charge in [0.05, 0.1) is 23.4 Å². The number of carbonyl (C=O) groups excluding carboxylic acids is 1. The van der Waals surface area contributed by atoms with E-state index < -0.39 is 17.8 Å². The second-order valence-electron chi connectivity index (χ2n) is 9.77. The summed E-state index contributed by atoms with van der Waals surface area (Å²) in [5.41, 5.74) is 1.79. The number of ether oxygens (including phenoxy) is 1. The van der Waals surface area contributed by atoms with Crippen molar-refractivity contribution in [2.75, 3.05) is 6.61 Å². The van der Waals surface area contributed by atoms with E-state index in [1.165, 1.54) is 10.6 Å². The number of pyridine rings is 1. The predicted molar refractivity (Wildman–Crippen MR) is 155 cm³/mol. The number of nitrogens with zero attached hydrogens (tertiary/aromatic N) is 2. The number of hydrogen-bond donors (Lipinski definition) is 0. The van der Waals surface area contributed by atoms with E-state index in [4.69, 9.17) is 21.3 Å². The largest absolute Gasteiger partial charge is 0.449 e. The van der Waals surface area contributed by atoms with E-state index in [1.807, 2.05) is 32.0 Å². The normalized spacial score (nSPS) is 12.1. The van der Waals surface area contributed by atoms with E-state index in [1.54, 1.807) is 6.07 Å². The van der Waals surface area contributed by atoms with Crippen LogP contribution in [0.25, 0.3) is 33.1 Å². The van der Waals surface area contributed by atoms with Gasteiger partial charge in [-0.1, -0.05) is 75.9 Å². The van der Waals surface area contributed by atoms with Crippen molar-refractivity contribution in [2.45, 2.75) is 59.1 Å². The predicted octanol–water partition coefficient (Wildman–Crippen LogP) is 9.90. The standard InChI is InChI=1S/C29H29ClF3IN2O2/c1-4-5-6-7-12-22-26(34)24(19-10-8-9-11-21(19)30)25-20-14-13-18(29(31,32)33)15-23(20)36(27(25)35-22)28(37)38-16-17(2)3/h8-11,13-15,17H,4-7,12,16H2,1-3H3. The molecule has 0 spiro atoms. The van der Waals surface area contributed by atoms with E-state index in [-0.39, 0.29) is 23.7 Å². The second kappa shape index (κ2) is 11.8. The average Bonchev–Trinajstić information content (AvgIpc) is 3.18. The molecule has 0 aliphatic carbocycles. The fourth-order valence-corrected chi connectivity index (χ4v) is 5.70. The minimum absolute atomic E-state index is 0.0551. The molecular weight excluding hydrogens is 628 g/mol. The van der Waals surface area contributed by atoms with Crippen LogP contribution in [-0.2, 0) is 17.3 Å². The highest BCUT2D eigenvalue weighted by atomic mass is 127. The van der Waals surface area contributed by atoms with Gasteiger partial charge in [0.15, 0.2) is 5.65 Å². The molecule has 0 aliphatic heterocycles. The van der Waals surface area contributed by atoms with Crippen molar-refractivity contribution in [2.24, 2.45) is 5.92 Å². The van der Waals surface area contributed by atoms with E-state index in [0.717, 1.165) is 58.2 Å². The smallest absolute Gasteiger partial charge is 0.420 e. The van der Waals surface area contributed by atoms with Crippen molar-refractivity contribution < 1.29 is 22.7 Å². The summed E-state index contributed by atoms with van der Waals surface area (Å²) in [7, 11) is 0. The lowest BCUT2D eigenvalue weighted by atomic mass is 9.98. The highest BCUT2D eigenvalue weighted by Crippen LogP contribution is 2.43. The number of aryl methyl sites for hydroxylation is 1. The number of carbonyl (C=O) groups is 1. The van der Waals surface area contributed by atoms with Gasteiger partial charge in [0.1, 0.15) is 0 Å². The van der Waals surface area contributed by atoms with E-state index in [9.17, 15) is 18.0 Å². The molecule has 0 amide bonds. The molecule has 2 aromatic carbocycles. The average molecular weight is 657 g/mol. The number of fused-ring (bicyclic) bond motifs is 3. The van der Waals surface area contributed by atoms with Crippen molar-refractivity contribution in [3.05, 3.63) is 62.3 Å². The van der Waals surface area contributed by atoms with Gasteiger partial charge in [-0.15, -0.1) is 0 Å². The maximum Gasteiger partial charge on any atom is 0.420 e. The molecule has 0 saturated heterocycles. The molecule has 0 fully saturated rings. The van der Waals surface area contributed by atoms with Crippen molar-refractivity contribution in [3.8, 4) is 11.1 Å². The lowest BCUT2D eigenvalue weighted by molar-refractivity contribution is -0.137. The zero-order valence-corrected chi connectivity index (χ0v) is 24.4. The third-order valence-corrected chi connectivity index (χ3v) is 7.86. The third-order valence-electron chi connectivity index (χ3n) is 6.37. The Labute approximate surface area is 238 Å². The molecule has 0 atom stereocenters. The Bertz CT molecular complexity index is 1480. The van der Waals surface area contributed by atoms with Crippen LogP contribution in [0.2, 0.25) is 5.02 Å². The molecule has 4 nitrogen and oxygen atoms in total. The summed E-state index contributed by atoms with van der Waals surface area (Å²) in [5, 5.41) is 1.56. The van der Waals surface area contributed by atoms with Gasteiger partial charge in [0.2, 0.25) is 0 Å². The molecule has 2 heterocycles. The molecule has 4 rings (SSSR count). The molecule has 0 unspecified atom stereocenters. The topological polar surface area (TPSA) is 44.1 Å². The van der Waals surface area contributed by atoms with Gasteiger partial charge in [-0.2, -0.15) is 13.2 Å². The van der Waals surface area contributed by atoms with Crippen molar-refractivity contribution in [1.82, 2.24) is 9.55 Å². The van der Waals surface area contributed by atoms with Gasteiger partial charge < -0.3 is 4.74 Å². The fraction of sp³-hybridized carbons (Fsp3) is 0.379. The maximum atomic E-state index is 13.7. The van der Waals surface area contributed by atoms with Crippen molar-refractivity contribution in [3.63, 3.8) is 0 Å². The number of benzene rings is 2. The van der Waals surface area contributed by atoms with Crippen LogP contribution >= 0.6 is 34.2 Å². The molecule has 202 valence electrons. The van der Waals surface area contributed by atoms with Gasteiger partial charge >= 0.3 is 12.3 Å². The minimum Gasteiger partial charge on any atom is -0.449 e. The van der Waals surface area contributed by atoms with Crippen LogP contribution < -0.4 is 0 Å². The van der Waals surface area contributed by atoms with Crippen LogP contribution in [0.5, 0.6) is 0 Å². The fourth-order valence-electron chi connectivity index (χ4n) is 4.52. The molecule has 38 heavy (non-hydrogen) atoms. The molecule has 0 radical (unpaired) electrons. The Morgan fingerprint density at radius 2 is 1.87 bits per heavy atom. The molecule has 0 bridgehead atoms. The number of alkyl halides is 3. The highest BCUT2D eigenvalue weighted by molar-refractivity contribution is 14.1. The van der Waals surface area contributed by atoms with E-state index in [0.29, 0.717) is 22.2 Å². The van der Waals surface area contributed by atoms with Crippen LogP contribution in [0.1, 0.15) is 57.7 Å². The van der Waals surface area contributed by atoms with Crippen molar-refractivity contribution >= 4 is 62.2 Å². The van der Waals surface area contributed by atoms with Gasteiger partial charge in [0.25, 0.3) is 0 Å². The first-order valence-corrected chi connectivity index (χ1v) is 14.2.